The predicted molar refractivity (Wildman–Crippen MR) is 44.6 cm³/mol. The Kier molecular flexibility index (Phi) is 4.40. The Hall–Kier alpha value is -1.64. The number of allylic oxidation sites excluding steroid dienone is 3. The molecule has 0 bridgehead atoms. The lowest BCUT2D eigenvalue weighted by Gasteiger charge is -1.89. The number of aliphatic imine (C=N–C) groups is 1. The Balaban J connectivity index is 4.47. The highest BCUT2D eigenvalue weighted by molar-refractivity contribution is 5.89. The molecule has 0 atom stereocenters. The van der Waals surface area contributed by atoms with Gasteiger partial charge in [-0.15, -0.1) is 0 Å². The van der Waals surface area contributed by atoms with E-state index in [0.717, 1.165) is 0 Å². The first-order chi connectivity index (χ1) is 5.22. The fourth-order valence-corrected chi connectivity index (χ4v) is 0.414. The predicted octanol–water partition coefficient (Wildman–Crippen LogP) is 1.40. The Morgan fingerprint density at radius 1 is 1.36 bits per heavy atom. The van der Waals surface area contributed by atoms with E-state index in [1.54, 1.807) is 0 Å². The van der Waals surface area contributed by atoms with Crippen LogP contribution in [0.3, 0.4) is 0 Å². The summed E-state index contributed by atoms with van der Waals surface area (Å²) in [6, 6.07) is 0. The molecule has 0 radical (unpaired) electrons. The molecule has 0 spiro atoms. The Morgan fingerprint density at radius 3 is 2.36 bits per heavy atom. The van der Waals surface area contributed by atoms with Crippen molar-refractivity contribution in [3.63, 3.8) is 0 Å². The molecule has 0 aromatic heterocycles. The molecule has 0 aliphatic carbocycles. The van der Waals surface area contributed by atoms with Crippen LogP contribution in [0.15, 0.2) is 42.1 Å². The fourth-order valence-electron chi connectivity index (χ4n) is 0.414. The minimum absolute atomic E-state index is 0.0556. The molecule has 0 amide bonds. The van der Waals surface area contributed by atoms with Crippen LogP contribution in [0, 0.1) is 0 Å². The third kappa shape index (κ3) is 3.86. The summed E-state index contributed by atoms with van der Waals surface area (Å²) in [5, 5.41) is 8.47. The Labute approximate surface area is 65.1 Å². The van der Waals surface area contributed by atoms with Gasteiger partial charge in [0.2, 0.25) is 0 Å². The van der Waals surface area contributed by atoms with Crippen molar-refractivity contribution in [3.8, 4) is 0 Å². The number of rotatable bonds is 4. The quantitative estimate of drug-likeness (QED) is 0.375. The molecule has 0 saturated carbocycles. The van der Waals surface area contributed by atoms with Gasteiger partial charge < -0.3 is 5.11 Å². The summed E-state index contributed by atoms with van der Waals surface area (Å²) in [4.78, 5) is 13.9. The summed E-state index contributed by atoms with van der Waals surface area (Å²) in [6.07, 6.45) is 5.38. The van der Waals surface area contributed by atoms with Gasteiger partial charge in [-0.3, -0.25) is 0 Å². The Morgan fingerprint density at radius 2 is 2.00 bits per heavy atom. The lowest BCUT2D eigenvalue weighted by atomic mass is 10.4. The van der Waals surface area contributed by atoms with Crippen molar-refractivity contribution in [2.45, 2.75) is 0 Å². The van der Waals surface area contributed by atoms with Crippen molar-refractivity contribution in [1.29, 1.82) is 0 Å². The molecule has 3 nitrogen and oxygen atoms in total. The first-order valence-electron chi connectivity index (χ1n) is 2.93. The molecule has 0 rings (SSSR count). The molecule has 0 aliphatic rings. The van der Waals surface area contributed by atoms with Crippen LogP contribution >= 0.6 is 0 Å². The first kappa shape index (κ1) is 9.36. The van der Waals surface area contributed by atoms with Gasteiger partial charge in [-0.1, -0.05) is 25.3 Å². The molecule has 0 saturated heterocycles. The lowest BCUT2D eigenvalue weighted by molar-refractivity contribution is -0.132. The van der Waals surface area contributed by atoms with Crippen LogP contribution in [0.5, 0.6) is 0 Å². The second-order valence-electron chi connectivity index (χ2n) is 1.61. The molecule has 0 heterocycles. The van der Waals surface area contributed by atoms with Crippen LogP contribution < -0.4 is 0 Å². The molecular formula is C8H9NO2. The summed E-state index contributed by atoms with van der Waals surface area (Å²) in [5.41, 5.74) is -0.0556. The Bertz CT molecular complexity index is 226. The van der Waals surface area contributed by atoms with Gasteiger partial charge in [0.1, 0.15) is 5.70 Å². The normalized spacial score (nSPS) is 11.5. The molecule has 0 fully saturated rings. The smallest absolute Gasteiger partial charge is 0.354 e. The summed E-state index contributed by atoms with van der Waals surface area (Å²) in [6.45, 7) is 6.71. The van der Waals surface area contributed by atoms with Crippen LogP contribution in [-0.4, -0.2) is 17.3 Å². The van der Waals surface area contributed by atoms with Gasteiger partial charge in [0.05, 0.1) is 0 Å². The van der Waals surface area contributed by atoms with Crippen molar-refractivity contribution < 1.29 is 9.90 Å². The highest BCUT2D eigenvalue weighted by atomic mass is 16.4. The van der Waals surface area contributed by atoms with Crippen molar-refractivity contribution in [1.82, 2.24) is 0 Å². The summed E-state index contributed by atoms with van der Waals surface area (Å²) in [7, 11) is 0. The van der Waals surface area contributed by atoms with E-state index in [-0.39, 0.29) is 5.70 Å². The molecule has 11 heavy (non-hydrogen) atoms. The topological polar surface area (TPSA) is 49.7 Å². The van der Waals surface area contributed by atoms with E-state index in [4.69, 9.17) is 5.11 Å². The third-order valence-corrected chi connectivity index (χ3v) is 0.814. The number of carboxylic acids is 1. The maximum atomic E-state index is 10.3. The number of nitrogens with zero attached hydrogens (tertiary/aromatic N) is 1. The molecule has 1 N–H and O–H groups in total. The molecule has 0 aromatic carbocycles. The maximum absolute atomic E-state index is 10.3. The number of aliphatic carboxylic acids is 1. The molecular weight excluding hydrogens is 142 g/mol. The highest BCUT2D eigenvalue weighted by Crippen LogP contribution is 1.95. The summed E-state index contributed by atoms with van der Waals surface area (Å²) < 4.78 is 0. The number of hydrogen-bond acceptors (Lipinski definition) is 2. The number of carboxylic acid groups (broad SMARTS) is 1. The standard InChI is InChI=1S/C8H9NO2/c1-3-5-7(8(10)11)9-6-4-2/h3-6H,1-2H2,(H,10,11)/b7-5-,9-6?. The van der Waals surface area contributed by atoms with E-state index in [2.05, 4.69) is 18.2 Å². The zero-order valence-corrected chi connectivity index (χ0v) is 6.03. The van der Waals surface area contributed by atoms with Crippen molar-refractivity contribution in [3.05, 3.63) is 37.1 Å². The van der Waals surface area contributed by atoms with Gasteiger partial charge in [-0.2, -0.15) is 0 Å². The molecule has 58 valence electrons. The third-order valence-electron chi connectivity index (χ3n) is 0.814. The molecule has 0 aromatic rings. The monoisotopic (exact) mass is 151 g/mol. The SMILES string of the molecule is C=CC=N/C(=C\C=C)C(=O)O. The maximum Gasteiger partial charge on any atom is 0.354 e. The van der Waals surface area contributed by atoms with Gasteiger partial charge in [-0.25, -0.2) is 9.79 Å². The van der Waals surface area contributed by atoms with Crippen molar-refractivity contribution in [2.24, 2.45) is 4.99 Å². The van der Waals surface area contributed by atoms with E-state index in [1.165, 1.54) is 24.4 Å². The van der Waals surface area contributed by atoms with Gasteiger partial charge >= 0.3 is 5.97 Å². The minimum atomic E-state index is -1.08. The average Bonchev–Trinajstić information content (AvgIpc) is 1.97. The van der Waals surface area contributed by atoms with E-state index in [0.29, 0.717) is 0 Å². The fraction of sp³-hybridized carbons (Fsp3) is 0. The van der Waals surface area contributed by atoms with E-state index in [1.807, 2.05) is 0 Å². The summed E-state index contributed by atoms with van der Waals surface area (Å²) >= 11 is 0. The van der Waals surface area contributed by atoms with Crippen LogP contribution in [0.2, 0.25) is 0 Å². The van der Waals surface area contributed by atoms with E-state index >= 15 is 0 Å². The van der Waals surface area contributed by atoms with Gasteiger partial charge in [-0.05, 0) is 6.08 Å². The molecule has 0 aliphatic heterocycles. The van der Waals surface area contributed by atoms with Crippen molar-refractivity contribution >= 4 is 12.2 Å². The second kappa shape index (κ2) is 5.17. The number of hydrogen-bond donors (Lipinski definition) is 1. The molecule has 0 unspecified atom stereocenters. The average molecular weight is 151 g/mol. The minimum Gasteiger partial charge on any atom is -0.477 e. The first-order valence-corrected chi connectivity index (χ1v) is 2.93. The zero-order chi connectivity index (χ0) is 8.69. The van der Waals surface area contributed by atoms with E-state index in [9.17, 15) is 4.79 Å². The highest BCUT2D eigenvalue weighted by Gasteiger charge is 2.00. The lowest BCUT2D eigenvalue weighted by Crippen LogP contribution is -1.97. The van der Waals surface area contributed by atoms with Crippen LogP contribution in [0.25, 0.3) is 0 Å². The summed E-state index contributed by atoms with van der Waals surface area (Å²) in [5.74, 6) is -1.08. The van der Waals surface area contributed by atoms with E-state index < -0.39 is 5.97 Å². The van der Waals surface area contributed by atoms with Gasteiger partial charge in [0.25, 0.3) is 0 Å². The van der Waals surface area contributed by atoms with Crippen LogP contribution in [0.4, 0.5) is 0 Å². The van der Waals surface area contributed by atoms with Crippen molar-refractivity contribution in [2.75, 3.05) is 0 Å². The second-order valence-corrected chi connectivity index (χ2v) is 1.61. The number of carbonyl (C=O) groups is 1. The molecule has 3 heteroatoms. The zero-order valence-electron chi connectivity index (χ0n) is 6.03. The van der Waals surface area contributed by atoms with Crippen LogP contribution in [0.1, 0.15) is 0 Å². The van der Waals surface area contributed by atoms with Gasteiger partial charge in [0, 0.05) is 6.21 Å². The van der Waals surface area contributed by atoms with Gasteiger partial charge in [0.15, 0.2) is 0 Å². The largest absolute Gasteiger partial charge is 0.477 e. The van der Waals surface area contributed by atoms with Crippen LogP contribution in [-0.2, 0) is 4.79 Å².